The maximum Gasteiger partial charge on any atom is 0.258 e. The lowest BCUT2D eigenvalue weighted by Crippen LogP contribution is -2.40. The maximum absolute atomic E-state index is 13.7. The van der Waals surface area contributed by atoms with E-state index in [1.165, 1.54) is 18.9 Å². The summed E-state index contributed by atoms with van der Waals surface area (Å²) < 4.78 is 29.0. The average Bonchev–Trinajstić information content (AvgIpc) is 3.61. The summed E-state index contributed by atoms with van der Waals surface area (Å²) in [5.74, 6) is 0.833. The monoisotopic (exact) mass is 555 g/mol. The Morgan fingerprint density at radius 3 is 2.41 bits per heavy atom. The molecular weight excluding hydrogens is 514 g/mol. The normalized spacial score (nSPS) is 21.2. The standard InChI is InChI=1S/C29H41N5O4S/c1-20-16-25(30-26(17-20)34-13-5-6-21(35)19-34)31-27(36)23-8-7-22(39(37,38)32-28(2,3)4)18-24(23)33-14-11-29(9-10-29)12-15-33/h7-8,16-18,21,32,35H,5-6,9-15,19H2,1-4H3,(H,30,31,36)/t21-/m1/s1. The second kappa shape index (κ2) is 10.4. The molecule has 3 N–H and O–H groups in total. The van der Waals surface area contributed by atoms with E-state index in [1.807, 2.05) is 24.0 Å². The van der Waals surface area contributed by atoms with Crippen molar-refractivity contribution in [1.29, 1.82) is 0 Å². The number of aryl methyl sites for hydroxylation is 1. The second-order valence-electron chi connectivity index (χ2n) is 12.6. The predicted molar refractivity (Wildman–Crippen MR) is 154 cm³/mol. The van der Waals surface area contributed by atoms with Gasteiger partial charge in [0.25, 0.3) is 5.91 Å². The van der Waals surface area contributed by atoms with Crippen molar-refractivity contribution in [1.82, 2.24) is 9.71 Å². The minimum absolute atomic E-state index is 0.148. The third kappa shape index (κ3) is 6.56. The molecule has 2 saturated heterocycles. The second-order valence-corrected chi connectivity index (χ2v) is 14.3. The zero-order valence-corrected chi connectivity index (χ0v) is 24.3. The van der Waals surface area contributed by atoms with Crippen LogP contribution in [0.1, 0.15) is 75.2 Å². The molecule has 1 atom stereocenters. The van der Waals surface area contributed by atoms with Gasteiger partial charge in [-0.15, -0.1) is 0 Å². The summed E-state index contributed by atoms with van der Waals surface area (Å²) in [6, 6.07) is 8.54. The summed E-state index contributed by atoms with van der Waals surface area (Å²) in [7, 11) is -3.77. The van der Waals surface area contributed by atoms with Crippen LogP contribution in [0.25, 0.3) is 0 Å². The summed E-state index contributed by atoms with van der Waals surface area (Å²) in [4.78, 5) is 22.7. The number of carbonyl (C=O) groups is 1. The number of rotatable bonds is 6. The highest BCUT2D eigenvalue weighted by molar-refractivity contribution is 7.89. The molecule has 0 radical (unpaired) electrons. The fraction of sp³-hybridized carbons (Fsp3) is 0.586. The van der Waals surface area contributed by atoms with Gasteiger partial charge in [-0.2, -0.15) is 0 Å². The molecule has 1 aromatic carbocycles. The number of carbonyl (C=O) groups excluding carboxylic acids is 1. The number of anilines is 3. The molecule has 1 spiro atoms. The van der Waals surface area contributed by atoms with Crippen LogP contribution in [0.3, 0.4) is 0 Å². The van der Waals surface area contributed by atoms with E-state index >= 15 is 0 Å². The van der Waals surface area contributed by atoms with Crippen LogP contribution < -0.4 is 19.8 Å². The van der Waals surface area contributed by atoms with Crippen molar-refractivity contribution in [2.45, 2.75) is 82.8 Å². The lowest BCUT2D eigenvalue weighted by molar-refractivity contribution is 0.102. The Balaban J connectivity index is 1.44. The molecule has 3 aliphatic rings. The Morgan fingerprint density at radius 2 is 1.77 bits per heavy atom. The van der Waals surface area contributed by atoms with Gasteiger partial charge in [0.2, 0.25) is 10.0 Å². The SMILES string of the molecule is Cc1cc(NC(=O)c2ccc(S(=O)(=O)NC(C)(C)C)cc2N2CCC3(CC2)CC3)nc(N2CCC[C@@H](O)C2)c1. The molecule has 0 unspecified atom stereocenters. The van der Waals surface area contributed by atoms with Crippen LogP contribution in [-0.4, -0.2) is 62.2 Å². The van der Waals surface area contributed by atoms with Crippen molar-refractivity contribution in [3.05, 3.63) is 41.5 Å². The lowest BCUT2D eigenvalue weighted by atomic mass is 9.93. The summed E-state index contributed by atoms with van der Waals surface area (Å²) in [5.41, 5.74) is 1.83. The van der Waals surface area contributed by atoms with E-state index in [0.29, 0.717) is 29.0 Å². The van der Waals surface area contributed by atoms with E-state index in [1.54, 1.807) is 32.9 Å². The zero-order chi connectivity index (χ0) is 28.0. The first-order valence-corrected chi connectivity index (χ1v) is 15.5. The summed E-state index contributed by atoms with van der Waals surface area (Å²) in [6.45, 7) is 10.3. The molecule has 1 aliphatic carbocycles. The van der Waals surface area contributed by atoms with E-state index in [-0.39, 0.29) is 16.9 Å². The topological polar surface area (TPSA) is 115 Å². The van der Waals surface area contributed by atoms with Gasteiger partial charge in [-0.25, -0.2) is 18.1 Å². The Labute approximate surface area is 232 Å². The van der Waals surface area contributed by atoms with Crippen molar-refractivity contribution in [2.24, 2.45) is 5.41 Å². The number of hydrogen-bond donors (Lipinski definition) is 3. The molecule has 3 heterocycles. The number of piperidine rings is 2. The van der Waals surface area contributed by atoms with Gasteiger partial charge < -0.3 is 20.2 Å². The summed E-state index contributed by atoms with van der Waals surface area (Å²) in [5, 5.41) is 13.1. The summed E-state index contributed by atoms with van der Waals surface area (Å²) in [6.07, 6.45) is 5.90. The first-order chi connectivity index (χ1) is 18.3. The Morgan fingerprint density at radius 1 is 1.05 bits per heavy atom. The quantitative estimate of drug-likeness (QED) is 0.492. The van der Waals surface area contributed by atoms with Crippen LogP contribution >= 0.6 is 0 Å². The van der Waals surface area contributed by atoms with E-state index in [4.69, 9.17) is 0 Å². The van der Waals surface area contributed by atoms with Crippen LogP contribution in [0.2, 0.25) is 0 Å². The van der Waals surface area contributed by atoms with Crippen molar-refractivity contribution >= 4 is 33.3 Å². The largest absolute Gasteiger partial charge is 0.391 e. The van der Waals surface area contributed by atoms with E-state index in [9.17, 15) is 18.3 Å². The number of aliphatic hydroxyl groups is 1. The van der Waals surface area contributed by atoms with Crippen molar-refractivity contribution < 1.29 is 18.3 Å². The number of sulfonamides is 1. The Kier molecular flexibility index (Phi) is 7.41. The third-order valence-corrected chi connectivity index (χ3v) is 9.76. The van der Waals surface area contributed by atoms with E-state index in [2.05, 4.69) is 19.9 Å². The zero-order valence-electron chi connectivity index (χ0n) is 23.5. The van der Waals surface area contributed by atoms with E-state index < -0.39 is 15.6 Å². The first-order valence-electron chi connectivity index (χ1n) is 14.0. The molecule has 39 heavy (non-hydrogen) atoms. The van der Waals surface area contributed by atoms with Crippen LogP contribution in [0.15, 0.2) is 35.2 Å². The van der Waals surface area contributed by atoms with Gasteiger partial charge in [0.1, 0.15) is 11.6 Å². The van der Waals surface area contributed by atoms with Gasteiger partial charge in [0.05, 0.1) is 22.3 Å². The van der Waals surface area contributed by atoms with Gasteiger partial charge in [-0.1, -0.05) is 0 Å². The third-order valence-electron chi connectivity index (χ3n) is 8.00. The number of β-amino-alcohol motifs (C(OH)–C–C–N with tert-alkyl or cyclic N) is 1. The van der Waals surface area contributed by atoms with Gasteiger partial charge in [-0.3, -0.25) is 4.79 Å². The molecule has 5 rings (SSSR count). The average molecular weight is 556 g/mol. The van der Waals surface area contributed by atoms with Crippen LogP contribution in [0.4, 0.5) is 17.3 Å². The lowest BCUT2D eigenvalue weighted by Gasteiger charge is -2.35. The highest BCUT2D eigenvalue weighted by Crippen LogP contribution is 2.54. The number of aliphatic hydroxyl groups excluding tert-OH is 1. The minimum Gasteiger partial charge on any atom is -0.391 e. The maximum atomic E-state index is 13.7. The molecule has 9 nitrogen and oxygen atoms in total. The highest BCUT2D eigenvalue weighted by atomic mass is 32.2. The van der Waals surface area contributed by atoms with Crippen molar-refractivity contribution in [2.75, 3.05) is 41.3 Å². The fourth-order valence-corrected chi connectivity index (χ4v) is 7.15. The molecule has 2 aliphatic heterocycles. The van der Waals surface area contributed by atoms with Crippen molar-refractivity contribution in [3.8, 4) is 0 Å². The van der Waals surface area contributed by atoms with Crippen molar-refractivity contribution in [3.63, 3.8) is 0 Å². The fourth-order valence-electron chi connectivity index (χ4n) is 5.71. The molecule has 1 amide bonds. The molecule has 1 saturated carbocycles. The first kappa shape index (κ1) is 27.9. The van der Waals surface area contributed by atoms with Gasteiger partial charge in [0, 0.05) is 31.7 Å². The number of amides is 1. The van der Waals surface area contributed by atoms with Crippen LogP contribution in [0, 0.1) is 12.3 Å². The number of aromatic nitrogens is 1. The molecule has 0 bridgehead atoms. The number of nitrogens with one attached hydrogen (secondary N) is 2. The predicted octanol–water partition coefficient (Wildman–Crippen LogP) is 4.06. The molecular formula is C29H41N5O4S. The Bertz CT molecular complexity index is 1340. The number of nitrogens with zero attached hydrogens (tertiary/aromatic N) is 3. The highest BCUT2D eigenvalue weighted by Gasteiger charge is 2.44. The molecule has 3 fully saturated rings. The molecule has 10 heteroatoms. The van der Waals surface area contributed by atoms with Crippen LogP contribution in [0.5, 0.6) is 0 Å². The number of benzene rings is 1. The number of pyridine rings is 1. The smallest absolute Gasteiger partial charge is 0.258 e. The molecule has 212 valence electrons. The van der Waals surface area contributed by atoms with Gasteiger partial charge in [-0.05, 0) is 108 Å². The minimum atomic E-state index is -3.77. The molecule has 2 aromatic rings. The molecule has 1 aromatic heterocycles. The van der Waals surface area contributed by atoms with Gasteiger partial charge in [0.15, 0.2) is 0 Å². The number of hydrogen-bond acceptors (Lipinski definition) is 7. The van der Waals surface area contributed by atoms with E-state index in [0.717, 1.165) is 56.7 Å². The van der Waals surface area contributed by atoms with Gasteiger partial charge >= 0.3 is 0 Å². The summed E-state index contributed by atoms with van der Waals surface area (Å²) >= 11 is 0. The Hall–Kier alpha value is -2.69. The van der Waals surface area contributed by atoms with Crippen LogP contribution in [-0.2, 0) is 10.0 Å².